The van der Waals surface area contributed by atoms with Crippen LogP contribution in [-0.4, -0.2) is 23.4 Å². The molecule has 0 aromatic rings. The maximum absolute atomic E-state index is 9.84. The van der Waals surface area contributed by atoms with E-state index >= 15 is 0 Å². The number of hydrogen-bond donors (Lipinski definition) is 1. The fourth-order valence-electron chi connectivity index (χ4n) is 3.01. The lowest BCUT2D eigenvalue weighted by molar-refractivity contribution is -0.0874. The molecule has 0 spiro atoms. The molecule has 2 bridgehead atoms. The Morgan fingerprint density at radius 1 is 1.45 bits per heavy atom. The fourth-order valence-corrected chi connectivity index (χ4v) is 3.01. The monoisotopic (exact) mass is 154 g/mol. The topological polar surface area (TPSA) is 29.5 Å². The number of aliphatic hydroxyl groups is 1. The van der Waals surface area contributed by atoms with Crippen molar-refractivity contribution in [3.63, 3.8) is 0 Å². The van der Waals surface area contributed by atoms with Gasteiger partial charge in [0.2, 0.25) is 0 Å². The molecule has 2 heteroatoms. The molecule has 2 aliphatic carbocycles. The molecule has 0 amide bonds. The van der Waals surface area contributed by atoms with Gasteiger partial charge in [0, 0.05) is 0 Å². The van der Waals surface area contributed by atoms with E-state index in [4.69, 9.17) is 4.74 Å². The van der Waals surface area contributed by atoms with Gasteiger partial charge in [0.1, 0.15) is 0 Å². The Morgan fingerprint density at radius 2 is 2.27 bits per heavy atom. The Balaban J connectivity index is 1.97. The van der Waals surface area contributed by atoms with Crippen LogP contribution in [0.2, 0.25) is 0 Å². The van der Waals surface area contributed by atoms with E-state index in [1.807, 2.05) is 0 Å². The van der Waals surface area contributed by atoms with Crippen molar-refractivity contribution in [2.24, 2.45) is 17.8 Å². The minimum Gasteiger partial charge on any atom is -0.390 e. The number of fused-ring (bicyclic) bond motifs is 4. The minimum atomic E-state index is -0.178. The van der Waals surface area contributed by atoms with E-state index in [2.05, 4.69) is 6.92 Å². The highest BCUT2D eigenvalue weighted by Crippen LogP contribution is 2.59. The molecule has 62 valence electrons. The lowest BCUT2D eigenvalue weighted by atomic mass is 9.80. The summed E-state index contributed by atoms with van der Waals surface area (Å²) in [6, 6.07) is 0. The Bertz CT molecular complexity index is 204. The van der Waals surface area contributed by atoms with Crippen LogP contribution in [0.25, 0.3) is 0 Å². The first-order chi connectivity index (χ1) is 5.21. The van der Waals surface area contributed by atoms with Gasteiger partial charge in [-0.05, 0) is 37.5 Å². The third kappa shape index (κ3) is 0.651. The van der Waals surface area contributed by atoms with Crippen molar-refractivity contribution in [3.8, 4) is 0 Å². The second-order valence-corrected chi connectivity index (χ2v) is 4.60. The number of aliphatic hydroxyl groups excluding tert-OH is 1. The van der Waals surface area contributed by atoms with Gasteiger partial charge in [0.15, 0.2) is 0 Å². The summed E-state index contributed by atoms with van der Waals surface area (Å²) >= 11 is 0. The number of hydrogen-bond acceptors (Lipinski definition) is 2. The van der Waals surface area contributed by atoms with Crippen molar-refractivity contribution in [1.82, 2.24) is 0 Å². The molecule has 2 nitrogen and oxygen atoms in total. The first-order valence-electron chi connectivity index (χ1n) is 4.53. The van der Waals surface area contributed by atoms with Gasteiger partial charge in [0.25, 0.3) is 0 Å². The summed E-state index contributed by atoms with van der Waals surface area (Å²) < 4.78 is 5.63. The molecular weight excluding hydrogens is 140 g/mol. The van der Waals surface area contributed by atoms with Crippen LogP contribution in [-0.2, 0) is 4.74 Å². The minimum absolute atomic E-state index is 0.175. The highest BCUT2D eigenvalue weighted by atomic mass is 16.5. The third-order valence-electron chi connectivity index (χ3n) is 3.82. The maximum atomic E-state index is 9.84. The fraction of sp³-hybridized carbons (Fsp3) is 1.00. The average molecular weight is 154 g/mol. The zero-order valence-electron chi connectivity index (χ0n) is 6.79. The first-order valence-corrected chi connectivity index (χ1v) is 4.53. The van der Waals surface area contributed by atoms with Crippen LogP contribution >= 0.6 is 0 Å². The molecule has 0 radical (unpaired) electrons. The standard InChI is InChI=1S/C9H14O2/c1-9-3-5(4-11-9)6-2-7(6)8(9)10/h5-8,10H,2-4H2,1H3/t5-,6+,7?,8+,9-/m0/s1. The normalized spacial score (nSPS) is 66.0. The van der Waals surface area contributed by atoms with E-state index in [0.29, 0.717) is 5.92 Å². The summed E-state index contributed by atoms with van der Waals surface area (Å²) in [4.78, 5) is 0. The highest BCUT2D eigenvalue weighted by molar-refractivity contribution is 5.11. The van der Waals surface area contributed by atoms with E-state index in [0.717, 1.165) is 24.9 Å². The van der Waals surface area contributed by atoms with E-state index in [9.17, 15) is 5.11 Å². The summed E-state index contributed by atoms with van der Waals surface area (Å²) in [5.74, 6) is 2.16. The lowest BCUT2D eigenvalue weighted by Crippen LogP contribution is -2.42. The third-order valence-corrected chi connectivity index (χ3v) is 3.82. The molecule has 1 N–H and O–H groups in total. The molecule has 0 aromatic heterocycles. The molecule has 3 aliphatic rings. The van der Waals surface area contributed by atoms with Gasteiger partial charge in [-0.2, -0.15) is 0 Å². The molecule has 1 unspecified atom stereocenters. The van der Waals surface area contributed by atoms with E-state index in [-0.39, 0.29) is 11.7 Å². The van der Waals surface area contributed by atoms with Crippen molar-refractivity contribution in [1.29, 1.82) is 0 Å². The number of rotatable bonds is 0. The largest absolute Gasteiger partial charge is 0.390 e. The van der Waals surface area contributed by atoms with Crippen molar-refractivity contribution in [3.05, 3.63) is 0 Å². The van der Waals surface area contributed by atoms with Gasteiger partial charge in [-0.25, -0.2) is 0 Å². The zero-order chi connectivity index (χ0) is 7.64. The van der Waals surface area contributed by atoms with Crippen LogP contribution < -0.4 is 0 Å². The lowest BCUT2D eigenvalue weighted by Gasteiger charge is -2.32. The quantitative estimate of drug-likeness (QED) is 0.559. The summed E-state index contributed by atoms with van der Waals surface area (Å²) in [6.07, 6.45) is 2.17. The molecular formula is C9H14O2. The molecule has 1 heterocycles. The second kappa shape index (κ2) is 1.64. The Hall–Kier alpha value is -0.0800. The Labute approximate surface area is 66.5 Å². The molecule has 1 saturated heterocycles. The van der Waals surface area contributed by atoms with Gasteiger partial charge in [-0.3, -0.25) is 0 Å². The van der Waals surface area contributed by atoms with Gasteiger partial charge < -0.3 is 9.84 Å². The summed E-state index contributed by atoms with van der Waals surface area (Å²) in [6.45, 7) is 2.96. The van der Waals surface area contributed by atoms with Crippen LogP contribution in [0.1, 0.15) is 19.8 Å². The molecule has 11 heavy (non-hydrogen) atoms. The molecule has 1 aliphatic heterocycles. The van der Waals surface area contributed by atoms with Crippen molar-refractivity contribution in [2.75, 3.05) is 6.61 Å². The molecule has 2 saturated carbocycles. The molecule has 3 rings (SSSR count). The average Bonchev–Trinajstić information content (AvgIpc) is 2.69. The van der Waals surface area contributed by atoms with Crippen LogP contribution in [0.4, 0.5) is 0 Å². The van der Waals surface area contributed by atoms with Crippen LogP contribution in [0.15, 0.2) is 0 Å². The van der Waals surface area contributed by atoms with Crippen LogP contribution in [0.5, 0.6) is 0 Å². The molecule has 5 atom stereocenters. The van der Waals surface area contributed by atoms with Crippen LogP contribution in [0, 0.1) is 17.8 Å². The van der Waals surface area contributed by atoms with Crippen molar-refractivity contribution in [2.45, 2.75) is 31.5 Å². The van der Waals surface area contributed by atoms with Gasteiger partial charge in [-0.1, -0.05) is 0 Å². The predicted octanol–water partition coefficient (Wildman–Crippen LogP) is 0.792. The summed E-state index contributed by atoms with van der Waals surface area (Å²) in [7, 11) is 0. The second-order valence-electron chi connectivity index (χ2n) is 4.60. The first kappa shape index (κ1) is 6.44. The smallest absolute Gasteiger partial charge is 0.0918 e. The summed E-state index contributed by atoms with van der Waals surface area (Å²) in [5, 5.41) is 9.84. The van der Waals surface area contributed by atoms with E-state index in [1.165, 1.54) is 6.42 Å². The highest BCUT2D eigenvalue weighted by Gasteiger charge is 2.62. The molecule has 0 aromatic carbocycles. The van der Waals surface area contributed by atoms with Crippen molar-refractivity contribution >= 4 is 0 Å². The zero-order valence-corrected chi connectivity index (χ0v) is 6.79. The van der Waals surface area contributed by atoms with Gasteiger partial charge in [0.05, 0.1) is 18.3 Å². The summed E-state index contributed by atoms with van der Waals surface area (Å²) in [5.41, 5.74) is -0.178. The Kier molecular flexibility index (Phi) is 0.961. The predicted molar refractivity (Wildman–Crippen MR) is 40.1 cm³/mol. The SMILES string of the molecule is C[C@@]12C[C@@H](CO1)[C@H]1CC1[C@H]2O. The van der Waals surface area contributed by atoms with Crippen LogP contribution in [0.3, 0.4) is 0 Å². The van der Waals surface area contributed by atoms with E-state index in [1.54, 1.807) is 0 Å². The van der Waals surface area contributed by atoms with E-state index < -0.39 is 0 Å². The van der Waals surface area contributed by atoms with Gasteiger partial charge >= 0.3 is 0 Å². The Morgan fingerprint density at radius 3 is 3.09 bits per heavy atom. The van der Waals surface area contributed by atoms with Crippen molar-refractivity contribution < 1.29 is 9.84 Å². The van der Waals surface area contributed by atoms with Gasteiger partial charge in [-0.15, -0.1) is 0 Å². The maximum Gasteiger partial charge on any atom is 0.0918 e. The molecule has 3 fully saturated rings. The number of ether oxygens (including phenoxy) is 1.